The second-order valence-electron chi connectivity index (χ2n) is 7.50. The maximum Gasteiger partial charge on any atom is 0.251 e. The van der Waals surface area contributed by atoms with Crippen molar-refractivity contribution < 1.29 is 13.2 Å². The van der Waals surface area contributed by atoms with Crippen LogP contribution in [0.1, 0.15) is 26.2 Å². The Kier molecular flexibility index (Phi) is 5.92. The lowest BCUT2D eigenvalue weighted by Gasteiger charge is -2.23. The van der Waals surface area contributed by atoms with Gasteiger partial charge in [-0.15, -0.1) is 0 Å². The quantitative estimate of drug-likeness (QED) is 0.616. The molecule has 28 heavy (non-hydrogen) atoms. The molecule has 2 unspecified atom stereocenters. The van der Waals surface area contributed by atoms with Crippen LogP contribution in [-0.2, 0) is 14.8 Å². The monoisotopic (exact) mass is 404 g/mol. The molecule has 10 heteroatoms. The average Bonchev–Trinajstić information content (AvgIpc) is 3.30. The molecule has 2 fully saturated rings. The van der Waals surface area contributed by atoms with Gasteiger partial charge in [0.05, 0.1) is 4.91 Å². The summed E-state index contributed by atoms with van der Waals surface area (Å²) in [5.74, 6) is -0.552. The molecule has 0 aromatic rings. The summed E-state index contributed by atoms with van der Waals surface area (Å²) in [5.41, 5.74) is 0.332. The van der Waals surface area contributed by atoms with Crippen molar-refractivity contribution in [3.8, 4) is 12.4 Å². The van der Waals surface area contributed by atoms with Crippen LogP contribution >= 0.6 is 0 Å². The van der Waals surface area contributed by atoms with E-state index in [1.807, 2.05) is 13.1 Å². The molecule has 0 aromatic carbocycles. The highest BCUT2D eigenvalue weighted by molar-refractivity contribution is 7.93. The van der Waals surface area contributed by atoms with E-state index >= 15 is 0 Å². The molecule has 0 spiro atoms. The number of likely N-dealkylation sites (tertiary alicyclic amines) is 2. The first-order valence-electron chi connectivity index (χ1n) is 9.36. The molecule has 9 nitrogen and oxygen atoms in total. The number of allylic oxidation sites excluding steroid dienone is 2. The number of hydrogen-bond donors (Lipinski definition) is 2. The first kappa shape index (κ1) is 20.2. The standard InChI is InChI=1S/C18H24N6O3S/c1-13-2-3-14(18(25)21-15-4-6-23(9-15)11-19)8-17(13)28(26,27)22-16-5-7-24(10-16)12-20/h3,8,13,15-16,22H,2,4-7,9-10H2,1H3,(H,21,25)/t13?,15?,16-/m1/s1. The fourth-order valence-electron chi connectivity index (χ4n) is 3.75. The van der Waals surface area contributed by atoms with E-state index in [1.54, 1.807) is 11.0 Å². The first-order chi connectivity index (χ1) is 13.3. The predicted molar refractivity (Wildman–Crippen MR) is 101 cm³/mol. The Balaban J connectivity index is 1.68. The van der Waals surface area contributed by atoms with Crippen LogP contribution in [0.5, 0.6) is 0 Å². The lowest BCUT2D eigenvalue weighted by molar-refractivity contribution is -0.117. The lowest BCUT2D eigenvalue weighted by atomic mass is 9.97. The van der Waals surface area contributed by atoms with Crippen molar-refractivity contribution in [3.05, 3.63) is 22.6 Å². The molecule has 2 aliphatic heterocycles. The van der Waals surface area contributed by atoms with E-state index in [0.717, 1.165) is 0 Å². The summed E-state index contributed by atoms with van der Waals surface area (Å²) in [4.78, 5) is 15.9. The smallest absolute Gasteiger partial charge is 0.251 e. The van der Waals surface area contributed by atoms with Gasteiger partial charge in [-0.2, -0.15) is 10.5 Å². The number of rotatable bonds is 5. The zero-order valence-corrected chi connectivity index (χ0v) is 16.6. The Labute approximate surface area is 165 Å². The Morgan fingerprint density at radius 3 is 2.36 bits per heavy atom. The number of sulfonamides is 1. The van der Waals surface area contributed by atoms with Gasteiger partial charge in [-0.1, -0.05) is 13.0 Å². The second kappa shape index (κ2) is 8.21. The molecule has 2 N–H and O–H groups in total. The first-order valence-corrected chi connectivity index (χ1v) is 10.8. The number of nitriles is 2. The average molecular weight is 404 g/mol. The molecular weight excluding hydrogens is 380 g/mol. The fourth-order valence-corrected chi connectivity index (χ4v) is 5.42. The molecule has 1 amide bonds. The van der Waals surface area contributed by atoms with Crippen LogP contribution in [0.2, 0.25) is 0 Å². The third-order valence-electron chi connectivity index (χ3n) is 5.36. The minimum atomic E-state index is -3.75. The summed E-state index contributed by atoms with van der Waals surface area (Å²) in [5, 5.41) is 20.7. The van der Waals surface area contributed by atoms with Gasteiger partial charge in [0.25, 0.3) is 5.91 Å². The third-order valence-corrected chi connectivity index (χ3v) is 7.15. The maximum absolute atomic E-state index is 12.9. The van der Waals surface area contributed by atoms with E-state index in [9.17, 15) is 13.2 Å². The second-order valence-corrected chi connectivity index (χ2v) is 9.21. The molecule has 0 bridgehead atoms. The molecule has 3 atom stereocenters. The van der Waals surface area contributed by atoms with Crippen LogP contribution in [-0.4, -0.2) is 62.4 Å². The van der Waals surface area contributed by atoms with E-state index in [-0.39, 0.29) is 28.8 Å². The number of nitrogens with one attached hydrogen (secondary N) is 2. The van der Waals surface area contributed by atoms with Crippen LogP contribution in [0.4, 0.5) is 0 Å². The summed E-state index contributed by atoms with van der Waals surface area (Å²) < 4.78 is 28.4. The highest BCUT2D eigenvalue weighted by Crippen LogP contribution is 2.28. The van der Waals surface area contributed by atoms with Crippen molar-refractivity contribution in [1.29, 1.82) is 10.5 Å². The Morgan fingerprint density at radius 2 is 1.75 bits per heavy atom. The number of hydrogen-bond acceptors (Lipinski definition) is 7. The van der Waals surface area contributed by atoms with E-state index in [2.05, 4.69) is 16.2 Å². The number of amides is 1. The highest BCUT2D eigenvalue weighted by Gasteiger charge is 2.32. The predicted octanol–water partition coefficient (Wildman–Crippen LogP) is -0.0171. The Hall–Kier alpha value is -2.56. The van der Waals surface area contributed by atoms with E-state index in [1.165, 1.54) is 11.0 Å². The molecule has 0 aromatic heterocycles. The van der Waals surface area contributed by atoms with Gasteiger partial charge >= 0.3 is 0 Å². The van der Waals surface area contributed by atoms with Crippen LogP contribution in [0, 0.1) is 28.8 Å². The minimum absolute atomic E-state index is 0.116. The number of carbonyl (C=O) groups excluding carboxylic acids is 1. The van der Waals surface area contributed by atoms with Gasteiger partial charge in [0.15, 0.2) is 12.4 Å². The molecule has 0 saturated carbocycles. The van der Waals surface area contributed by atoms with Crippen LogP contribution in [0.15, 0.2) is 22.6 Å². The summed E-state index contributed by atoms with van der Waals surface area (Å²) in [6, 6.07) is -0.425. The molecule has 150 valence electrons. The van der Waals surface area contributed by atoms with Crippen molar-refractivity contribution in [3.63, 3.8) is 0 Å². The molecule has 1 aliphatic carbocycles. The third kappa shape index (κ3) is 4.46. The zero-order valence-electron chi connectivity index (χ0n) is 15.8. The fraction of sp³-hybridized carbons (Fsp3) is 0.611. The van der Waals surface area contributed by atoms with Gasteiger partial charge in [-0.3, -0.25) is 4.79 Å². The lowest BCUT2D eigenvalue weighted by Crippen LogP contribution is -2.39. The minimum Gasteiger partial charge on any atom is -0.347 e. The molecular formula is C18H24N6O3S. The Bertz CT molecular complexity index is 882. The highest BCUT2D eigenvalue weighted by atomic mass is 32.2. The zero-order chi connectivity index (χ0) is 20.3. The van der Waals surface area contributed by atoms with Crippen LogP contribution in [0.25, 0.3) is 0 Å². The Morgan fingerprint density at radius 1 is 1.14 bits per heavy atom. The van der Waals surface area contributed by atoms with Gasteiger partial charge in [0.2, 0.25) is 10.0 Å². The molecule has 0 radical (unpaired) electrons. The number of nitrogens with zero attached hydrogens (tertiary/aromatic N) is 4. The summed E-state index contributed by atoms with van der Waals surface area (Å²) >= 11 is 0. The maximum atomic E-state index is 12.9. The van der Waals surface area contributed by atoms with Crippen molar-refractivity contribution in [2.24, 2.45) is 5.92 Å². The van der Waals surface area contributed by atoms with Gasteiger partial charge < -0.3 is 15.1 Å². The van der Waals surface area contributed by atoms with Crippen molar-refractivity contribution in [2.45, 2.75) is 38.3 Å². The van der Waals surface area contributed by atoms with Crippen LogP contribution < -0.4 is 10.0 Å². The SMILES string of the molecule is CC1CC=C(C(=O)NC2CCN(C#N)C2)C=C1S(=O)(=O)N[C@@H]1CCN(C#N)C1. The topological polar surface area (TPSA) is 129 Å². The van der Waals surface area contributed by atoms with Gasteiger partial charge in [0.1, 0.15) is 0 Å². The molecule has 3 rings (SSSR count). The largest absolute Gasteiger partial charge is 0.347 e. The van der Waals surface area contributed by atoms with Crippen LogP contribution in [0.3, 0.4) is 0 Å². The molecule has 3 aliphatic rings. The van der Waals surface area contributed by atoms with Gasteiger partial charge in [-0.05, 0) is 31.3 Å². The normalized spacial score (nSPS) is 27.6. The van der Waals surface area contributed by atoms with Gasteiger partial charge in [0, 0.05) is 43.8 Å². The van der Waals surface area contributed by atoms with E-state index in [0.29, 0.717) is 51.0 Å². The molecule has 2 heterocycles. The number of carbonyl (C=O) groups is 1. The summed E-state index contributed by atoms with van der Waals surface area (Å²) in [6.45, 7) is 3.79. The molecule has 2 saturated heterocycles. The van der Waals surface area contributed by atoms with Crippen molar-refractivity contribution in [2.75, 3.05) is 26.2 Å². The van der Waals surface area contributed by atoms with Gasteiger partial charge in [-0.25, -0.2) is 13.1 Å². The van der Waals surface area contributed by atoms with E-state index < -0.39 is 10.0 Å². The van der Waals surface area contributed by atoms with Crippen molar-refractivity contribution >= 4 is 15.9 Å². The van der Waals surface area contributed by atoms with Crippen molar-refractivity contribution in [1.82, 2.24) is 19.8 Å². The summed E-state index contributed by atoms with van der Waals surface area (Å²) in [7, 11) is -3.75. The summed E-state index contributed by atoms with van der Waals surface area (Å²) in [6.07, 6.45) is 9.02. The van der Waals surface area contributed by atoms with E-state index in [4.69, 9.17) is 10.5 Å².